The molecule has 1 unspecified atom stereocenters. The lowest BCUT2D eigenvalue weighted by molar-refractivity contribution is 0.549. The number of hydrazine groups is 1. The molecule has 0 amide bonds. The Morgan fingerprint density at radius 3 is 2.05 bits per heavy atom. The Hall–Kier alpha value is -1.64. The van der Waals surface area contributed by atoms with Crippen LogP contribution in [0, 0.1) is 20.8 Å². The first-order valence-electron chi connectivity index (χ1n) is 7.66. The van der Waals surface area contributed by atoms with E-state index in [4.69, 9.17) is 5.84 Å². The summed E-state index contributed by atoms with van der Waals surface area (Å²) >= 11 is 0. The fraction of sp³-hybridized carbons (Fsp3) is 0.368. The van der Waals surface area contributed by atoms with E-state index in [0.29, 0.717) is 0 Å². The van der Waals surface area contributed by atoms with E-state index in [0.717, 1.165) is 12.8 Å². The summed E-state index contributed by atoms with van der Waals surface area (Å²) in [5, 5.41) is 0. The predicted octanol–water partition coefficient (Wildman–Crippen LogP) is 3.92. The number of nitrogens with one attached hydrogen (secondary N) is 1. The first-order chi connectivity index (χ1) is 10.0. The van der Waals surface area contributed by atoms with Gasteiger partial charge in [0.1, 0.15) is 0 Å². The topological polar surface area (TPSA) is 38.0 Å². The Labute approximate surface area is 128 Å². The van der Waals surface area contributed by atoms with E-state index in [1.54, 1.807) is 0 Å². The van der Waals surface area contributed by atoms with Crippen molar-refractivity contribution in [3.63, 3.8) is 0 Å². The summed E-state index contributed by atoms with van der Waals surface area (Å²) in [6.07, 6.45) is 1.98. The van der Waals surface area contributed by atoms with Gasteiger partial charge in [0.05, 0.1) is 0 Å². The van der Waals surface area contributed by atoms with E-state index >= 15 is 0 Å². The minimum atomic E-state index is 0.149. The Morgan fingerprint density at radius 2 is 1.57 bits per heavy atom. The van der Waals surface area contributed by atoms with Crippen molar-refractivity contribution in [2.75, 3.05) is 0 Å². The van der Waals surface area contributed by atoms with Gasteiger partial charge in [-0.2, -0.15) is 0 Å². The molecule has 3 N–H and O–H groups in total. The molecule has 21 heavy (non-hydrogen) atoms. The summed E-state index contributed by atoms with van der Waals surface area (Å²) < 4.78 is 0. The van der Waals surface area contributed by atoms with Crippen LogP contribution in [-0.4, -0.2) is 0 Å². The fourth-order valence-corrected chi connectivity index (χ4v) is 2.99. The molecule has 112 valence electrons. The second kappa shape index (κ2) is 6.88. The van der Waals surface area contributed by atoms with Crippen LogP contribution < -0.4 is 11.3 Å². The van der Waals surface area contributed by atoms with Crippen LogP contribution in [0.5, 0.6) is 0 Å². The summed E-state index contributed by atoms with van der Waals surface area (Å²) in [6, 6.07) is 13.4. The van der Waals surface area contributed by atoms with Crippen molar-refractivity contribution < 1.29 is 0 Å². The summed E-state index contributed by atoms with van der Waals surface area (Å²) in [7, 11) is 0. The quantitative estimate of drug-likeness (QED) is 0.644. The second-order valence-electron chi connectivity index (χ2n) is 5.90. The summed E-state index contributed by atoms with van der Waals surface area (Å²) in [5.41, 5.74) is 11.0. The minimum Gasteiger partial charge on any atom is -0.271 e. The Balaban J connectivity index is 2.26. The van der Waals surface area contributed by atoms with Crippen molar-refractivity contribution in [2.45, 2.75) is 46.6 Å². The number of aryl methyl sites for hydroxylation is 4. The van der Waals surface area contributed by atoms with E-state index < -0.39 is 0 Å². The number of benzene rings is 2. The molecule has 2 rings (SSSR count). The second-order valence-corrected chi connectivity index (χ2v) is 5.90. The third-order valence-corrected chi connectivity index (χ3v) is 4.24. The van der Waals surface area contributed by atoms with E-state index in [9.17, 15) is 0 Å². The van der Waals surface area contributed by atoms with Gasteiger partial charge in [-0.25, -0.2) is 0 Å². The molecular formula is C19H26N2. The molecule has 2 nitrogen and oxygen atoms in total. The molecule has 1 atom stereocenters. The van der Waals surface area contributed by atoms with Gasteiger partial charge in [0.25, 0.3) is 0 Å². The van der Waals surface area contributed by atoms with Gasteiger partial charge in [-0.05, 0) is 61.4 Å². The standard InChI is InChI=1S/C19H26N2/c1-5-16-6-8-17(9-7-16)19(21-20)12-18-14(3)10-13(2)11-15(18)4/h6-11,19,21H,5,12,20H2,1-4H3. The van der Waals surface area contributed by atoms with Gasteiger partial charge in [-0.15, -0.1) is 0 Å². The summed E-state index contributed by atoms with van der Waals surface area (Å²) in [5.74, 6) is 5.80. The molecule has 2 aromatic rings. The van der Waals surface area contributed by atoms with E-state index in [1.807, 2.05) is 0 Å². The average molecular weight is 282 g/mol. The molecule has 0 saturated carbocycles. The zero-order valence-corrected chi connectivity index (χ0v) is 13.5. The van der Waals surface area contributed by atoms with Crippen LogP contribution in [0.3, 0.4) is 0 Å². The summed E-state index contributed by atoms with van der Waals surface area (Å²) in [6.45, 7) is 8.69. The highest BCUT2D eigenvalue weighted by Gasteiger charge is 2.14. The lowest BCUT2D eigenvalue weighted by Gasteiger charge is -2.20. The van der Waals surface area contributed by atoms with Crippen LogP contribution in [-0.2, 0) is 12.8 Å². The monoisotopic (exact) mass is 282 g/mol. The SMILES string of the molecule is CCc1ccc(C(Cc2c(C)cc(C)cc2C)NN)cc1. The molecule has 0 fully saturated rings. The average Bonchev–Trinajstić information content (AvgIpc) is 2.47. The molecule has 0 saturated heterocycles. The predicted molar refractivity (Wildman–Crippen MR) is 90.2 cm³/mol. The molecule has 0 spiro atoms. The Kier molecular flexibility index (Phi) is 5.16. The van der Waals surface area contributed by atoms with Crippen molar-refractivity contribution >= 4 is 0 Å². The third kappa shape index (κ3) is 3.72. The normalized spacial score (nSPS) is 12.4. The van der Waals surface area contributed by atoms with Crippen LogP contribution in [0.4, 0.5) is 0 Å². The van der Waals surface area contributed by atoms with Crippen LogP contribution >= 0.6 is 0 Å². The highest BCUT2D eigenvalue weighted by molar-refractivity contribution is 5.39. The smallest absolute Gasteiger partial charge is 0.0500 e. The molecular weight excluding hydrogens is 256 g/mol. The summed E-state index contributed by atoms with van der Waals surface area (Å²) in [4.78, 5) is 0. The molecule has 0 aliphatic carbocycles. The van der Waals surface area contributed by atoms with Gasteiger partial charge in [0.15, 0.2) is 0 Å². The van der Waals surface area contributed by atoms with Crippen molar-refractivity contribution in [1.29, 1.82) is 0 Å². The van der Waals surface area contributed by atoms with Crippen molar-refractivity contribution in [2.24, 2.45) is 5.84 Å². The van der Waals surface area contributed by atoms with Crippen molar-refractivity contribution in [3.05, 3.63) is 69.8 Å². The molecule has 0 bridgehead atoms. The van der Waals surface area contributed by atoms with Gasteiger partial charge in [0.2, 0.25) is 0 Å². The van der Waals surface area contributed by atoms with Crippen LogP contribution in [0.25, 0.3) is 0 Å². The third-order valence-electron chi connectivity index (χ3n) is 4.24. The van der Waals surface area contributed by atoms with Crippen molar-refractivity contribution in [3.8, 4) is 0 Å². The zero-order valence-electron chi connectivity index (χ0n) is 13.5. The van der Waals surface area contributed by atoms with E-state index in [-0.39, 0.29) is 6.04 Å². The lowest BCUT2D eigenvalue weighted by atomic mass is 9.91. The number of hydrogen-bond acceptors (Lipinski definition) is 2. The molecule has 0 aliphatic rings. The number of nitrogens with two attached hydrogens (primary N) is 1. The van der Waals surface area contributed by atoms with Gasteiger partial charge in [-0.3, -0.25) is 11.3 Å². The maximum Gasteiger partial charge on any atom is 0.0500 e. The lowest BCUT2D eigenvalue weighted by Crippen LogP contribution is -2.30. The first-order valence-corrected chi connectivity index (χ1v) is 7.66. The molecule has 0 aromatic heterocycles. The largest absolute Gasteiger partial charge is 0.271 e. The van der Waals surface area contributed by atoms with Crippen LogP contribution in [0.1, 0.15) is 46.3 Å². The fourth-order valence-electron chi connectivity index (χ4n) is 2.99. The highest BCUT2D eigenvalue weighted by Crippen LogP contribution is 2.24. The van der Waals surface area contributed by atoms with Crippen molar-refractivity contribution in [1.82, 2.24) is 5.43 Å². The van der Waals surface area contributed by atoms with Gasteiger partial charge in [0, 0.05) is 6.04 Å². The van der Waals surface area contributed by atoms with Gasteiger partial charge >= 0.3 is 0 Å². The van der Waals surface area contributed by atoms with Gasteiger partial charge < -0.3 is 0 Å². The minimum absolute atomic E-state index is 0.149. The maximum absolute atomic E-state index is 5.80. The van der Waals surface area contributed by atoms with E-state index in [1.165, 1.54) is 33.4 Å². The van der Waals surface area contributed by atoms with Crippen LogP contribution in [0.15, 0.2) is 36.4 Å². The van der Waals surface area contributed by atoms with E-state index in [2.05, 4.69) is 69.5 Å². The van der Waals surface area contributed by atoms with Gasteiger partial charge in [-0.1, -0.05) is 48.9 Å². The maximum atomic E-state index is 5.80. The molecule has 0 heterocycles. The molecule has 0 radical (unpaired) electrons. The number of rotatable bonds is 5. The highest BCUT2D eigenvalue weighted by atomic mass is 15.2. The molecule has 2 aromatic carbocycles. The molecule has 0 aliphatic heterocycles. The number of hydrogen-bond donors (Lipinski definition) is 2. The Bertz CT molecular complexity index is 576. The molecule has 2 heteroatoms. The zero-order chi connectivity index (χ0) is 15.4. The Morgan fingerprint density at radius 1 is 1.00 bits per heavy atom. The first kappa shape index (κ1) is 15.7. The van der Waals surface area contributed by atoms with Crippen LogP contribution in [0.2, 0.25) is 0 Å².